The highest BCUT2D eigenvalue weighted by atomic mass is 16.4. The second-order valence-electron chi connectivity index (χ2n) is 2.74. The van der Waals surface area contributed by atoms with Gasteiger partial charge in [0.05, 0.1) is 12.5 Å². The first kappa shape index (κ1) is 11.6. The number of rotatable bonds is 6. The van der Waals surface area contributed by atoms with Crippen LogP contribution in [0.2, 0.25) is 0 Å². The number of hydrogen-bond donors (Lipinski definition) is 3. The molecule has 0 aromatic carbocycles. The van der Waals surface area contributed by atoms with Crippen LogP contribution in [0.15, 0.2) is 0 Å². The molecule has 0 aliphatic rings. The maximum atomic E-state index is 10.5. The van der Waals surface area contributed by atoms with Crippen LogP contribution in [0.5, 0.6) is 0 Å². The number of aldehydes is 1. The van der Waals surface area contributed by atoms with E-state index in [1.807, 2.05) is 0 Å². The van der Waals surface area contributed by atoms with E-state index < -0.39 is 23.8 Å². The van der Waals surface area contributed by atoms with E-state index in [2.05, 4.69) is 0 Å². The predicted octanol–water partition coefficient (Wildman–Crippen LogP) is -1.52. The Labute approximate surface area is 74.9 Å². The van der Waals surface area contributed by atoms with Crippen molar-refractivity contribution in [2.75, 3.05) is 0 Å². The average Bonchev–Trinajstić information content (AvgIpc) is 2.00. The van der Waals surface area contributed by atoms with Crippen molar-refractivity contribution in [1.29, 1.82) is 0 Å². The second-order valence-corrected chi connectivity index (χ2v) is 2.74. The van der Waals surface area contributed by atoms with Crippen molar-refractivity contribution in [1.82, 2.24) is 0 Å². The largest absolute Gasteiger partial charge is 0.481 e. The Morgan fingerprint density at radius 3 is 2.23 bits per heavy atom. The lowest BCUT2D eigenvalue weighted by Gasteiger charge is -2.15. The number of hydrogen-bond acceptors (Lipinski definition) is 4. The fraction of sp³-hybridized carbons (Fsp3) is 0.571. The maximum absolute atomic E-state index is 10.5. The lowest BCUT2D eigenvalue weighted by atomic mass is 9.94. The fourth-order valence-corrected chi connectivity index (χ4v) is 0.938. The number of nitrogens with two attached hydrogens (primary N) is 2. The normalized spacial score (nSPS) is 14.5. The molecule has 6 heteroatoms. The number of carbonyl (C=O) groups is 3. The summed E-state index contributed by atoms with van der Waals surface area (Å²) in [5, 5.41) is 8.42. The van der Waals surface area contributed by atoms with E-state index in [9.17, 15) is 14.4 Å². The van der Waals surface area contributed by atoms with Gasteiger partial charge in [-0.2, -0.15) is 0 Å². The number of carboxylic acids is 1. The van der Waals surface area contributed by atoms with Gasteiger partial charge in [-0.15, -0.1) is 0 Å². The van der Waals surface area contributed by atoms with E-state index in [1.165, 1.54) is 0 Å². The number of carboxylic acid groups (broad SMARTS) is 1. The number of amides is 1. The molecule has 0 fully saturated rings. The molecule has 0 aliphatic heterocycles. The molecule has 0 rings (SSSR count). The third kappa shape index (κ3) is 4.91. The van der Waals surface area contributed by atoms with Gasteiger partial charge in [0.25, 0.3) is 0 Å². The molecule has 1 unspecified atom stereocenters. The van der Waals surface area contributed by atoms with Crippen LogP contribution in [0.4, 0.5) is 0 Å². The number of carbonyl (C=O) groups excluding carboxylic acids is 2. The molecule has 1 amide bonds. The fourth-order valence-electron chi connectivity index (χ4n) is 0.938. The number of aliphatic carboxylic acids is 1. The first-order valence-electron chi connectivity index (χ1n) is 3.68. The third-order valence-electron chi connectivity index (χ3n) is 1.60. The molecule has 0 aromatic heterocycles. The van der Waals surface area contributed by atoms with Gasteiger partial charge in [-0.05, 0) is 5.92 Å². The molecule has 6 nitrogen and oxygen atoms in total. The minimum absolute atomic E-state index is 0.188. The molecule has 74 valence electrons. The minimum Gasteiger partial charge on any atom is -0.481 e. The molecule has 13 heavy (non-hydrogen) atoms. The molecule has 0 saturated carbocycles. The molecule has 2 atom stereocenters. The minimum atomic E-state index is -1.11. The molecule has 5 N–H and O–H groups in total. The Morgan fingerprint density at radius 2 is 1.92 bits per heavy atom. The molecule has 0 aromatic rings. The van der Waals surface area contributed by atoms with Crippen molar-refractivity contribution in [3.05, 3.63) is 0 Å². The van der Waals surface area contributed by atoms with Crippen LogP contribution >= 0.6 is 0 Å². The van der Waals surface area contributed by atoms with Crippen molar-refractivity contribution in [3.63, 3.8) is 0 Å². The topological polar surface area (TPSA) is 123 Å². The summed E-state index contributed by atoms with van der Waals surface area (Å²) in [7, 11) is 0. The Kier molecular flexibility index (Phi) is 4.68. The monoisotopic (exact) mass is 188 g/mol. The Balaban J connectivity index is 4.25. The Morgan fingerprint density at radius 1 is 1.38 bits per heavy atom. The molecule has 0 aliphatic carbocycles. The van der Waals surface area contributed by atoms with E-state index in [0.29, 0.717) is 6.29 Å². The summed E-state index contributed by atoms with van der Waals surface area (Å²) in [6.45, 7) is 0. The van der Waals surface area contributed by atoms with Gasteiger partial charge in [-0.1, -0.05) is 0 Å². The zero-order valence-corrected chi connectivity index (χ0v) is 6.97. The first-order chi connectivity index (χ1) is 5.97. The van der Waals surface area contributed by atoms with E-state index in [-0.39, 0.29) is 12.8 Å². The van der Waals surface area contributed by atoms with Crippen LogP contribution < -0.4 is 11.5 Å². The highest BCUT2D eigenvalue weighted by Gasteiger charge is 2.22. The van der Waals surface area contributed by atoms with Crippen LogP contribution in [-0.4, -0.2) is 29.3 Å². The molecular weight excluding hydrogens is 176 g/mol. The summed E-state index contributed by atoms with van der Waals surface area (Å²) in [6, 6.07) is -0.955. The molecule has 0 heterocycles. The molecular formula is C7H12N2O4. The Bertz CT molecular complexity index is 201. The highest BCUT2D eigenvalue weighted by molar-refractivity contribution is 5.76. The molecule has 0 spiro atoms. The summed E-state index contributed by atoms with van der Waals surface area (Å²) in [5.74, 6) is -2.49. The van der Waals surface area contributed by atoms with Crippen LogP contribution in [0, 0.1) is 5.92 Å². The predicted molar refractivity (Wildman–Crippen MR) is 43.6 cm³/mol. The van der Waals surface area contributed by atoms with Crippen LogP contribution in [0.25, 0.3) is 0 Å². The van der Waals surface area contributed by atoms with Gasteiger partial charge >= 0.3 is 5.97 Å². The van der Waals surface area contributed by atoms with Crippen molar-refractivity contribution in [2.24, 2.45) is 17.4 Å². The lowest BCUT2D eigenvalue weighted by molar-refractivity contribution is -0.138. The van der Waals surface area contributed by atoms with Crippen LogP contribution in [0.3, 0.4) is 0 Å². The van der Waals surface area contributed by atoms with Crippen molar-refractivity contribution < 1.29 is 19.5 Å². The van der Waals surface area contributed by atoms with E-state index >= 15 is 0 Å². The van der Waals surface area contributed by atoms with Gasteiger partial charge in [-0.3, -0.25) is 9.59 Å². The lowest BCUT2D eigenvalue weighted by Crippen LogP contribution is -2.35. The average molecular weight is 188 g/mol. The maximum Gasteiger partial charge on any atom is 0.303 e. The molecule has 0 radical (unpaired) electrons. The molecule has 0 bridgehead atoms. The van der Waals surface area contributed by atoms with Crippen LogP contribution in [-0.2, 0) is 14.4 Å². The van der Waals surface area contributed by atoms with Crippen LogP contribution in [0.1, 0.15) is 12.8 Å². The van der Waals surface area contributed by atoms with Crippen molar-refractivity contribution in [3.8, 4) is 0 Å². The number of primary amides is 1. The summed E-state index contributed by atoms with van der Waals surface area (Å²) in [5.41, 5.74) is 10.1. The Hall–Kier alpha value is -1.43. The van der Waals surface area contributed by atoms with Gasteiger partial charge < -0.3 is 21.4 Å². The smallest absolute Gasteiger partial charge is 0.303 e. The van der Waals surface area contributed by atoms with Gasteiger partial charge in [0.2, 0.25) is 5.91 Å². The SMILES string of the molecule is NC(=O)CC(CC(=O)O)[C@H](N)C=O. The van der Waals surface area contributed by atoms with Gasteiger partial charge in [0.1, 0.15) is 6.29 Å². The summed E-state index contributed by atoms with van der Waals surface area (Å²) < 4.78 is 0. The zero-order valence-electron chi connectivity index (χ0n) is 6.97. The summed E-state index contributed by atoms with van der Waals surface area (Å²) in [6.07, 6.45) is -0.106. The molecule has 0 saturated heterocycles. The van der Waals surface area contributed by atoms with E-state index in [1.54, 1.807) is 0 Å². The standard InChI is InChI=1S/C7H12N2O4/c8-5(3-10)4(1-6(9)11)2-7(12)13/h3-5H,1-2,8H2,(H2,9,11)(H,12,13)/t4?,5-/m1/s1. The van der Waals surface area contributed by atoms with Crippen molar-refractivity contribution >= 4 is 18.2 Å². The quantitative estimate of drug-likeness (QED) is 0.436. The first-order valence-corrected chi connectivity index (χ1v) is 3.68. The zero-order chi connectivity index (χ0) is 10.4. The van der Waals surface area contributed by atoms with E-state index in [4.69, 9.17) is 16.6 Å². The van der Waals surface area contributed by atoms with Gasteiger partial charge in [-0.25, -0.2) is 0 Å². The second kappa shape index (κ2) is 5.26. The van der Waals surface area contributed by atoms with Gasteiger partial charge in [0.15, 0.2) is 0 Å². The third-order valence-corrected chi connectivity index (χ3v) is 1.60. The van der Waals surface area contributed by atoms with Crippen molar-refractivity contribution in [2.45, 2.75) is 18.9 Å². The summed E-state index contributed by atoms with van der Waals surface area (Å²) >= 11 is 0. The highest BCUT2D eigenvalue weighted by Crippen LogP contribution is 2.10. The van der Waals surface area contributed by atoms with E-state index in [0.717, 1.165) is 0 Å². The summed E-state index contributed by atoms with van der Waals surface area (Å²) in [4.78, 5) is 31.0. The van der Waals surface area contributed by atoms with Gasteiger partial charge in [0, 0.05) is 6.42 Å².